The third-order valence-electron chi connectivity index (χ3n) is 4.31. The van der Waals surface area contributed by atoms with Crippen LogP contribution in [-0.4, -0.2) is 35.9 Å². The number of ether oxygens (including phenoxy) is 1. The molecule has 2 rings (SSSR count). The number of hydrogen-bond acceptors (Lipinski definition) is 4. The van der Waals surface area contributed by atoms with Gasteiger partial charge in [0.1, 0.15) is 0 Å². The first kappa shape index (κ1) is 20.1. The van der Waals surface area contributed by atoms with E-state index in [0.29, 0.717) is 6.54 Å². The molecule has 0 aromatic heterocycles. The molecule has 0 spiro atoms. The number of nitrogens with zero attached hydrogens (tertiary/aromatic N) is 2. The first-order valence-electron chi connectivity index (χ1n) is 8.81. The van der Waals surface area contributed by atoms with Crippen LogP contribution in [0.5, 0.6) is 0 Å². The lowest BCUT2D eigenvalue weighted by molar-refractivity contribution is -0.138. The third-order valence-corrected chi connectivity index (χ3v) is 4.31. The number of nitrogens with one attached hydrogen (secondary N) is 1. The summed E-state index contributed by atoms with van der Waals surface area (Å²) < 4.78 is 43.6. The van der Waals surface area contributed by atoms with E-state index >= 15 is 0 Å². The molecule has 0 radical (unpaired) electrons. The molecule has 0 aliphatic carbocycles. The van der Waals surface area contributed by atoms with E-state index in [4.69, 9.17) is 4.74 Å². The minimum Gasteiger partial charge on any atom is -0.460 e. The van der Waals surface area contributed by atoms with Crippen LogP contribution in [0.4, 0.5) is 18.9 Å². The molecule has 1 unspecified atom stereocenters. The number of benzene rings is 1. The summed E-state index contributed by atoms with van der Waals surface area (Å²) in [6.45, 7) is 4.60. The first-order valence-corrected chi connectivity index (χ1v) is 8.81. The average Bonchev–Trinajstić information content (AvgIpc) is 2.62. The molecule has 1 aliphatic heterocycles. The largest absolute Gasteiger partial charge is 0.460 e. The van der Waals surface area contributed by atoms with E-state index in [9.17, 15) is 18.0 Å². The molecule has 1 aromatic carbocycles. The Balaban J connectivity index is 2.26. The molecule has 1 fully saturated rings. The van der Waals surface area contributed by atoms with Gasteiger partial charge < -0.3 is 9.64 Å². The second-order valence-corrected chi connectivity index (χ2v) is 6.10. The van der Waals surface area contributed by atoms with Gasteiger partial charge in [-0.15, -0.1) is 5.10 Å². The van der Waals surface area contributed by atoms with Gasteiger partial charge in [-0.25, -0.2) is 4.79 Å². The maximum atomic E-state index is 12.8. The molecule has 1 aliphatic rings. The summed E-state index contributed by atoms with van der Waals surface area (Å²) in [7, 11) is 0. The highest BCUT2D eigenvalue weighted by molar-refractivity contribution is 6.35. The number of piperidine rings is 1. The summed E-state index contributed by atoms with van der Waals surface area (Å²) in [5, 5.41) is 4.11. The minimum atomic E-state index is -4.44. The first-order chi connectivity index (χ1) is 12.4. The van der Waals surface area contributed by atoms with Crippen LogP contribution in [-0.2, 0) is 15.7 Å². The Kier molecular flexibility index (Phi) is 6.88. The fourth-order valence-corrected chi connectivity index (χ4v) is 3.01. The van der Waals surface area contributed by atoms with Gasteiger partial charge in [-0.2, -0.15) is 13.2 Å². The van der Waals surface area contributed by atoms with Gasteiger partial charge in [0.15, 0.2) is 0 Å². The smallest absolute Gasteiger partial charge is 0.416 e. The zero-order valence-corrected chi connectivity index (χ0v) is 15.0. The van der Waals surface area contributed by atoms with E-state index in [-0.39, 0.29) is 24.2 Å². The second-order valence-electron chi connectivity index (χ2n) is 6.10. The van der Waals surface area contributed by atoms with Crippen molar-refractivity contribution < 1.29 is 22.7 Å². The van der Waals surface area contributed by atoms with E-state index in [0.717, 1.165) is 37.8 Å². The summed E-state index contributed by atoms with van der Waals surface area (Å²) in [5.41, 5.74) is 1.96. The number of hydrogen-bond donors (Lipinski definition) is 1. The van der Waals surface area contributed by atoms with Gasteiger partial charge in [-0.05, 0) is 50.8 Å². The molecule has 8 heteroatoms. The Bertz CT molecular complexity index is 647. The summed E-state index contributed by atoms with van der Waals surface area (Å²) in [4.78, 5) is 14.2. The topological polar surface area (TPSA) is 53.9 Å². The molecule has 1 saturated heterocycles. The fraction of sp³-hybridized carbons (Fsp3) is 0.556. The van der Waals surface area contributed by atoms with E-state index in [2.05, 4.69) is 10.5 Å². The van der Waals surface area contributed by atoms with Crippen LogP contribution < -0.4 is 5.43 Å². The van der Waals surface area contributed by atoms with E-state index < -0.39 is 17.7 Å². The van der Waals surface area contributed by atoms with Crippen LogP contribution in [0.3, 0.4) is 0 Å². The predicted octanol–water partition coefficient (Wildman–Crippen LogP) is 4.26. The average molecular weight is 371 g/mol. The Labute approximate surface area is 151 Å². The number of esters is 1. The summed E-state index contributed by atoms with van der Waals surface area (Å²) >= 11 is 0. The van der Waals surface area contributed by atoms with Crippen LogP contribution in [0.15, 0.2) is 29.4 Å². The maximum absolute atomic E-state index is 12.8. The summed E-state index contributed by atoms with van der Waals surface area (Å²) in [6.07, 6.45) is -0.642. The molecule has 1 atom stereocenters. The molecule has 5 nitrogen and oxygen atoms in total. The molecule has 1 N–H and O–H groups in total. The van der Waals surface area contributed by atoms with Crippen molar-refractivity contribution in [3.05, 3.63) is 29.8 Å². The number of likely N-dealkylation sites (tertiary alicyclic amines) is 1. The predicted molar refractivity (Wildman–Crippen MR) is 93.8 cm³/mol. The van der Waals surface area contributed by atoms with E-state index in [1.165, 1.54) is 12.1 Å². The van der Waals surface area contributed by atoms with Crippen molar-refractivity contribution in [2.45, 2.75) is 51.7 Å². The molecule has 1 aromatic rings. The van der Waals surface area contributed by atoms with Gasteiger partial charge >= 0.3 is 12.1 Å². The van der Waals surface area contributed by atoms with Crippen molar-refractivity contribution in [2.75, 3.05) is 18.6 Å². The van der Waals surface area contributed by atoms with Gasteiger partial charge in [0.25, 0.3) is 0 Å². The van der Waals surface area contributed by atoms with Gasteiger partial charge in [0.2, 0.25) is 5.84 Å². The minimum absolute atomic E-state index is 0.107. The van der Waals surface area contributed by atoms with Crippen LogP contribution in [0, 0.1) is 0 Å². The fourth-order valence-electron chi connectivity index (χ4n) is 3.01. The molecule has 144 valence electrons. The van der Waals surface area contributed by atoms with Crippen LogP contribution in [0.2, 0.25) is 0 Å². The van der Waals surface area contributed by atoms with Gasteiger partial charge in [-0.3, -0.25) is 5.43 Å². The number of rotatable bonds is 4. The highest BCUT2D eigenvalue weighted by Crippen LogP contribution is 2.30. The molecule has 1 heterocycles. The highest BCUT2D eigenvalue weighted by atomic mass is 19.4. The van der Waals surface area contributed by atoms with E-state index in [1.54, 1.807) is 6.92 Å². The molecule has 0 amide bonds. The Morgan fingerprint density at radius 1 is 1.35 bits per heavy atom. The lowest BCUT2D eigenvalue weighted by Gasteiger charge is -2.36. The lowest BCUT2D eigenvalue weighted by Crippen LogP contribution is -2.47. The van der Waals surface area contributed by atoms with Crippen LogP contribution >= 0.6 is 0 Å². The number of amidine groups is 1. The molecule has 26 heavy (non-hydrogen) atoms. The SMILES string of the molecule is CCOC(=O)C(=NNc1cccc(C(F)(F)F)c1)N1CCCCC1CC. The van der Waals surface area contributed by atoms with Crippen molar-refractivity contribution >= 4 is 17.5 Å². The number of hydrazone groups is 1. The standard InChI is InChI=1S/C18H24F3N3O2/c1-3-15-10-5-6-11-24(15)16(17(25)26-4-2)23-22-14-9-7-8-13(12-14)18(19,20)21/h7-9,12,15,22H,3-6,10-11H2,1-2H3. The number of anilines is 1. The number of halogens is 3. The van der Waals surface area contributed by atoms with Crippen molar-refractivity contribution in [1.29, 1.82) is 0 Å². The van der Waals surface area contributed by atoms with Crippen molar-refractivity contribution in [1.82, 2.24) is 4.90 Å². The third kappa shape index (κ3) is 5.12. The summed E-state index contributed by atoms with van der Waals surface area (Å²) in [6, 6.07) is 4.86. The Hall–Kier alpha value is -2.25. The quantitative estimate of drug-likeness (QED) is 0.372. The number of alkyl halides is 3. The van der Waals surface area contributed by atoms with Gasteiger partial charge in [0, 0.05) is 12.6 Å². The van der Waals surface area contributed by atoms with Crippen molar-refractivity contribution in [2.24, 2.45) is 5.10 Å². The van der Waals surface area contributed by atoms with Crippen molar-refractivity contribution in [3.8, 4) is 0 Å². The van der Waals surface area contributed by atoms with E-state index in [1.807, 2.05) is 11.8 Å². The Morgan fingerprint density at radius 3 is 2.77 bits per heavy atom. The highest BCUT2D eigenvalue weighted by Gasteiger charge is 2.31. The zero-order valence-electron chi connectivity index (χ0n) is 15.0. The Morgan fingerprint density at radius 2 is 2.12 bits per heavy atom. The summed E-state index contributed by atoms with van der Waals surface area (Å²) in [5.74, 6) is -0.469. The second kappa shape index (κ2) is 8.91. The normalized spacial score (nSPS) is 18.6. The van der Waals surface area contributed by atoms with Gasteiger partial charge in [-0.1, -0.05) is 13.0 Å². The number of carbonyl (C=O) groups excluding carboxylic acids is 1. The molecular weight excluding hydrogens is 347 g/mol. The van der Waals surface area contributed by atoms with Crippen LogP contribution in [0.1, 0.15) is 45.1 Å². The molecular formula is C18H24F3N3O2. The lowest BCUT2D eigenvalue weighted by atomic mass is 10.00. The van der Waals surface area contributed by atoms with Crippen molar-refractivity contribution in [3.63, 3.8) is 0 Å². The number of carbonyl (C=O) groups is 1. The monoisotopic (exact) mass is 371 g/mol. The molecule has 0 saturated carbocycles. The zero-order chi connectivity index (χ0) is 19.2. The maximum Gasteiger partial charge on any atom is 0.416 e. The molecule has 0 bridgehead atoms. The van der Waals surface area contributed by atoms with Crippen LogP contribution in [0.25, 0.3) is 0 Å². The van der Waals surface area contributed by atoms with Gasteiger partial charge in [0.05, 0.1) is 17.9 Å².